The first-order chi connectivity index (χ1) is 6.33. The summed E-state index contributed by atoms with van der Waals surface area (Å²) in [6.45, 7) is 2.26. The fourth-order valence-electron chi connectivity index (χ4n) is 1.91. The van der Waals surface area contributed by atoms with Gasteiger partial charge in [0.2, 0.25) is 0 Å². The number of hydrogen-bond donors (Lipinski definition) is 1. The van der Waals surface area contributed by atoms with Gasteiger partial charge in [-0.05, 0) is 18.8 Å². The monoisotopic (exact) mass is 183 g/mol. The Labute approximate surface area is 83.1 Å². The lowest BCUT2D eigenvalue weighted by Gasteiger charge is -2.09. The molecule has 1 unspecified atom stereocenters. The largest absolute Gasteiger partial charge is 0.328 e. The smallest absolute Gasteiger partial charge is 0.00414 e. The van der Waals surface area contributed by atoms with Crippen molar-refractivity contribution in [1.82, 2.24) is 0 Å². The van der Waals surface area contributed by atoms with Crippen molar-refractivity contribution in [1.29, 1.82) is 0 Å². The molecule has 1 saturated carbocycles. The molecule has 13 heavy (non-hydrogen) atoms. The molecule has 0 radical (unpaired) electrons. The van der Waals surface area contributed by atoms with Gasteiger partial charge in [-0.15, -0.1) is 0 Å². The number of rotatable bonds is 8. The molecule has 1 rings (SSSR count). The van der Waals surface area contributed by atoms with Gasteiger partial charge in [0.1, 0.15) is 0 Å². The Kier molecular flexibility index (Phi) is 5.45. The summed E-state index contributed by atoms with van der Waals surface area (Å²) in [5.74, 6) is 1.01. The standard InChI is InChI=1S/C12H25N/c1-2-3-4-5-6-7-12(13)10-11-8-9-11/h11-12H,2-10,13H2,1H3. The molecule has 1 aliphatic carbocycles. The summed E-state index contributed by atoms with van der Waals surface area (Å²) in [5, 5.41) is 0. The van der Waals surface area contributed by atoms with Crippen LogP contribution in [0, 0.1) is 5.92 Å². The molecule has 1 atom stereocenters. The SMILES string of the molecule is CCCCCCCC(N)CC1CC1. The maximum atomic E-state index is 6.03. The topological polar surface area (TPSA) is 26.0 Å². The fraction of sp³-hybridized carbons (Fsp3) is 1.00. The lowest BCUT2D eigenvalue weighted by Crippen LogP contribution is -2.20. The summed E-state index contributed by atoms with van der Waals surface area (Å²) in [6.07, 6.45) is 12.4. The molecule has 0 aliphatic heterocycles. The molecule has 1 aliphatic rings. The van der Waals surface area contributed by atoms with E-state index < -0.39 is 0 Å². The van der Waals surface area contributed by atoms with Crippen molar-refractivity contribution in [3.05, 3.63) is 0 Å². The van der Waals surface area contributed by atoms with E-state index in [1.165, 1.54) is 57.8 Å². The predicted octanol–water partition coefficient (Wildman–Crippen LogP) is 3.47. The highest BCUT2D eigenvalue weighted by atomic mass is 14.6. The molecule has 1 fully saturated rings. The highest BCUT2D eigenvalue weighted by molar-refractivity contribution is 4.78. The van der Waals surface area contributed by atoms with E-state index in [1.54, 1.807) is 0 Å². The first-order valence-electron chi connectivity index (χ1n) is 6.08. The molecule has 1 heteroatoms. The maximum Gasteiger partial charge on any atom is 0.00414 e. The fourth-order valence-corrected chi connectivity index (χ4v) is 1.91. The first-order valence-corrected chi connectivity index (χ1v) is 6.08. The lowest BCUT2D eigenvalue weighted by atomic mass is 10.0. The molecule has 0 aromatic rings. The molecule has 1 nitrogen and oxygen atoms in total. The van der Waals surface area contributed by atoms with E-state index in [0.29, 0.717) is 6.04 Å². The van der Waals surface area contributed by atoms with Gasteiger partial charge in [0.25, 0.3) is 0 Å². The van der Waals surface area contributed by atoms with Gasteiger partial charge in [-0.3, -0.25) is 0 Å². The van der Waals surface area contributed by atoms with E-state index in [1.807, 2.05) is 0 Å². The molecule has 0 amide bonds. The molecule has 0 saturated heterocycles. The van der Waals surface area contributed by atoms with Crippen molar-refractivity contribution < 1.29 is 0 Å². The first kappa shape index (κ1) is 11.0. The van der Waals surface area contributed by atoms with Crippen molar-refractivity contribution in [3.63, 3.8) is 0 Å². The van der Waals surface area contributed by atoms with Gasteiger partial charge in [0.05, 0.1) is 0 Å². The summed E-state index contributed by atoms with van der Waals surface area (Å²) < 4.78 is 0. The number of unbranched alkanes of at least 4 members (excludes halogenated alkanes) is 4. The van der Waals surface area contributed by atoms with Crippen molar-refractivity contribution in [3.8, 4) is 0 Å². The van der Waals surface area contributed by atoms with Crippen LogP contribution in [0.25, 0.3) is 0 Å². The Morgan fingerprint density at radius 1 is 1.15 bits per heavy atom. The molecule has 2 N–H and O–H groups in total. The maximum absolute atomic E-state index is 6.03. The van der Waals surface area contributed by atoms with Crippen molar-refractivity contribution in [2.75, 3.05) is 0 Å². The van der Waals surface area contributed by atoms with E-state index in [9.17, 15) is 0 Å². The Hall–Kier alpha value is -0.0400. The van der Waals surface area contributed by atoms with Gasteiger partial charge >= 0.3 is 0 Å². The third-order valence-electron chi connectivity index (χ3n) is 3.01. The average molecular weight is 183 g/mol. The zero-order valence-corrected chi connectivity index (χ0v) is 9.10. The van der Waals surface area contributed by atoms with Crippen LogP contribution in [-0.2, 0) is 0 Å². The molecule has 0 heterocycles. The highest BCUT2D eigenvalue weighted by Crippen LogP contribution is 2.33. The third-order valence-corrected chi connectivity index (χ3v) is 3.01. The minimum Gasteiger partial charge on any atom is -0.328 e. The van der Waals surface area contributed by atoms with Gasteiger partial charge in [-0.1, -0.05) is 51.9 Å². The minimum absolute atomic E-state index is 0.508. The Bertz CT molecular complexity index is 118. The van der Waals surface area contributed by atoms with Crippen LogP contribution in [0.4, 0.5) is 0 Å². The van der Waals surface area contributed by atoms with Crippen molar-refractivity contribution >= 4 is 0 Å². The minimum atomic E-state index is 0.508. The van der Waals surface area contributed by atoms with E-state index in [2.05, 4.69) is 6.92 Å². The van der Waals surface area contributed by atoms with Crippen LogP contribution >= 0.6 is 0 Å². The van der Waals surface area contributed by atoms with Crippen molar-refractivity contribution in [2.24, 2.45) is 11.7 Å². The van der Waals surface area contributed by atoms with Crippen molar-refractivity contribution in [2.45, 2.75) is 70.8 Å². The Morgan fingerprint density at radius 2 is 1.85 bits per heavy atom. The van der Waals surface area contributed by atoms with Crippen LogP contribution in [0.2, 0.25) is 0 Å². The number of hydrogen-bond acceptors (Lipinski definition) is 1. The second-order valence-corrected chi connectivity index (χ2v) is 4.64. The van der Waals surface area contributed by atoms with Gasteiger partial charge in [0, 0.05) is 6.04 Å². The zero-order valence-electron chi connectivity index (χ0n) is 9.10. The Balaban J connectivity index is 1.80. The van der Waals surface area contributed by atoms with E-state index >= 15 is 0 Å². The molecule has 0 spiro atoms. The molecule has 0 aromatic carbocycles. The molecule has 78 valence electrons. The number of nitrogens with two attached hydrogens (primary N) is 1. The molecular weight excluding hydrogens is 158 g/mol. The highest BCUT2D eigenvalue weighted by Gasteiger charge is 2.23. The summed E-state index contributed by atoms with van der Waals surface area (Å²) in [5.41, 5.74) is 6.03. The second kappa shape index (κ2) is 6.42. The molecule has 0 bridgehead atoms. The summed E-state index contributed by atoms with van der Waals surface area (Å²) in [6, 6.07) is 0.508. The lowest BCUT2D eigenvalue weighted by molar-refractivity contribution is 0.495. The van der Waals surface area contributed by atoms with E-state index in [-0.39, 0.29) is 0 Å². The summed E-state index contributed by atoms with van der Waals surface area (Å²) >= 11 is 0. The molecular formula is C12H25N. The Morgan fingerprint density at radius 3 is 2.46 bits per heavy atom. The second-order valence-electron chi connectivity index (χ2n) is 4.64. The summed E-state index contributed by atoms with van der Waals surface area (Å²) in [7, 11) is 0. The normalized spacial score (nSPS) is 18.9. The summed E-state index contributed by atoms with van der Waals surface area (Å²) in [4.78, 5) is 0. The van der Waals surface area contributed by atoms with Crippen LogP contribution in [0.1, 0.15) is 64.7 Å². The van der Waals surface area contributed by atoms with Gasteiger partial charge in [-0.2, -0.15) is 0 Å². The van der Waals surface area contributed by atoms with Gasteiger partial charge < -0.3 is 5.73 Å². The third kappa shape index (κ3) is 6.09. The van der Waals surface area contributed by atoms with E-state index in [4.69, 9.17) is 5.73 Å². The van der Waals surface area contributed by atoms with Crippen LogP contribution in [0.5, 0.6) is 0 Å². The van der Waals surface area contributed by atoms with Crippen LogP contribution in [0.3, 0.4) is 0 Å². The van der Waals surface area contributed by atoms with Crippen LogP contribution in [-0.4, -0.2) is 6.04 Å². The van der Waals surface area contributed by atoms with Gasteiger partial charge in [-0.25, -0.2) is 0 Å². The zero-order chi connectivity index (χ0) is 9.52. The average Bonchev–Trinajstić information content (AvgIpc) is 2.88. The van der Waals surface area contributed by atoms with E-state index in [0.717, 1.165) is 5.92 Å². The van der Waals surface area contributed by atoms with Crippen LogP contribution < -0.4 is 5.73 Å². The van der Waals surface area contributed by atoms with Crippen LogP contribution in [0.15, 0.2) is 0 Å². The molecule has 0 aromatic heterocycles. The van der Waals surface area contributed by atoms with Gasteiger partial charge in [0.15, 0.2) is 0 Å². The predicted molar refractivity (Wildman–Crippen MR) is 58.7 cm³/mol. The quantitative estimate of drug-likeness (QED) is 0.573.